The lowest BCUT2D eigenvalue weighted by Gasteiger charge is -2.09. The van der Waals surface area contributed by atoms with Crippen LogP contribution in [0.5, 0.6) is 0 Å². The maximum absolute atomic E-state index is 3.53. The van der Waals surface area contributed by atoms with Gasteiger partial charge in [0.15, 0.2) is 0 Å². The Morgan fingerprint density at radius 1 is 0.457 bits per heavy atom. The molecule has 218 valence electrons. The molecule has 0 amide bonds. The van der Waals surface area contributed by atoms with Crippen molar-refractivity contribution in [2.24, 2.45) is 0 Å². The summed E-state index contributed by atoms with van der Waals surface area (Å²) in [5, 5.41) is 5.09. The summed E-state index contributed by atoms with van der Waals surface area (Å²) in [6, 6.07) is 56.5. The fourth-order valence-corrected chi connectivity index (χ4v) is 7.49. The first-order valence-corrected chi connectivity index (χ1v) is 16.5. The van der Waals surface area contributed by atoms with Gasteiger partial charge in [-0.2, -0.15) is 0 Å². The van der Waals surface area contributed by atoms with Crippen molar-refractivity contribution >= 4 is 59.5 Å². The van der Waals surface area contributed by atoms with Gasteiger partial charge in [-0.3, -0.25) is 0 Å². The Morgan fingerprint density at radius 3 is 2.04 bits per heavy atom. The number of halogens is 1. The zero-order valence-corrected chi connectivity index (χ0v) is 26.6. The van der Waals surface area contributed by atoms with Crippen LogP contribution in [0.2, 0.25) is 0 Å². The van der Waals surface area contributed by atoms with Crippen LogP contribution in [-0.2, 0) is 6.42 Å². The number of H-pyrrole nitrogens is 1. The molecular formula is C43H29BrN2. The minimum Gasteiger partial charge on any atom is -0.355 e. The minimum atomic E-state index is 1.08. The first-order valence-electron chi connectivity index (χ1n) is 15.7. The average molecular weight is 654 g/mol. The van der Waals surface area contributed by atoms with Gasteiger partial charge < -0.3 is 9.55 Å². The highest BCUT2D eigenvalue weighted by molar-refractivity contribution is 9.10. The molecule has 2 aromatic heterocycles. The summed E-state index contributed by atoms with van der Waals surface area (Å²) in [5.74, 6) is 0. The highest BCUT2D eigenvalue weighted by Gasteiger charge is 2.17. The Hall–Kier alpha value is -5.38. The second-order valence-corrected chi connectivity index (χ2v) is 12.9. The molecule has 0 aliphatic heterocycles. The van der Waals surface area contributed by atoms with Gasteiger partial charge in [-0.1, -0.05) is 119 Å². The van der Waals surface area contributed by atoms with Gasteiger partial charge in [0, 0.05) is 42.7 Å². The van der Waals surface area contributed by atoms with E-state index in [2.05, 4.69) is 183 Å². The molecule has 0 fully saturated rings. The molecule has 1 N–H and O–H groups in total. The number of nitrogens with zero attached hydrogens (tertiary/aromatic N) is 1. The molecule has 0 saturated carbocycles. The fraction of sp³-hybridized carbons (Fsp3) is 0.0233. The van der Waals surface area contributed by atoms with Gasteiger partial charge in [0.05, 0.1) is 11.0 Å². The van der Waals surface area contributed by atoms with Gasteiger partial charge in [0.1, 0.15) is 0 Å². The number of aromatic nitrogens is 2. The number of benzene rings is 7. The molecule has 0 bridgehead atoms. The first kappa shape index (κ1) is 27.0. The van der Waals surface area contributed by atoms with Crippen molar-refractivity contribution in [3.05, 3.63) is 173 Å². The van der Waals surface area contributed by atoms with Crippen LogP contribution in [0.4, 0.5) is 0 Å². The first-order chi connectivity index (χ1) is 22.7. The number of nitrogens with one attached hydrogen (secondary N) is 1. The van der Waals surface area contributed by atoms with Crippen LogP contribution in [-0.4, -0.2) is 9.55 Å². The van der Waals surface area contributed by atoms with E-state index in [1.807, 2.05) is 0 Å². The highest BCUT2D eigenvalue weighted by Crippen LogP contribution is 2.38. The van der Waals surface area contributed by atoms with Crippen LogP contribution >= 0.6 is 15.9 Å². The zero-order chi connectivity index (χ0) is 30.6. The van der Waals surface area contributed by atoms with Gasteiger partial charge in [-0.05, 0) is 94.4 Å². The van der Waals surface area contributed by atoms with Crippen LogP contribution < -0.4 is 0 Å². The van der Waals surface area contributed by atoms with Gasteiger partial charge in [-0.25, -0.2) is 0 Å². The normalized spacial score (nSPS) is 11.9. The third-order valence-corrected chi connectivity index (χ3v) is 9.78. The summed E-state index contributed by atoms with van der Waals surface area (Å²) in [4.78, 5) is 3.53. The van der Waals surface area contributed by atoms with Gasteiger partial charge >= 0.3 is 0 Å². The van der Waals surface area contributed by atoms with Crippen molar-refractivity contribution in [3.63, 3.8) is 0 Å². The van der Waals surface area contributed by atoms with E-state index in [0.29, 0.717) is 0 Å². The molecular weight excluding hydrogens is 624 g/mol. The van der Waals surface area contributed by atoms with Crippen LogP contribution in [0, 0.1) is 0 Å². The number of fused-ring (bicyclic) bond motifs is 9. The summed E-state index contributed by atoms with van der Waals surface area (Å²) < 4.78 is 3.53. The lowest BCUT2D eigenvalue weighted by molar-refractivity contribution is 1.18. The maximum atomic E-state index is 3.53. The summed E-state index contributed by atoms with van der Waals surface area (Å²) >= 11 is 3.52. The Kier molecular flexibility index (Phi) is 6.39. The van der Waals surface area contributed by atoms with Crippen molar-refractivity contribution in [1.29, 1.82) is 0 Å². The SMILES string of the molecule is Brc1ccc2c(c1)-c1ccccc1C2.c1ccc(-n2c3ccccc3c3ccc(-c4ccc5[nH]c6ccccc6c5c4)cc32)cc1. The molecule has 3 heteroatoms. The predicted octanol–water partition coefficient (Wildman–Crippen LogP) is 12.1. The molecule has 10 rings (SSSR count). The summed E-state index contributed by atoms with van der Waals surface area (Å²) in [6.07, 6.45) is 1.08. The van der Waals surface area contributed by atoms with Crippen molar-refractivity contribution in [3.8, 4) is 27.9 Å². The number of hydrogen-bond donors (Lipinski definition) is 1. The second-order valence-electron chi connectivity index (χ2n) is 12.0. The molecule has 0 saturated heterocycles. The summed E-state index contributed by atoms with van der Waals surface area (Å²) in [5.41, 5.74) is 14.1. The molecule has 9 aromatic rings. The van der Waals surface area contributed by atoms with Gasteiger partial charge in [0.25, 0.3) is 0 Å². The van der Waals surface area contributed by atoms with E-state index in [1.165, 1.54) is 82.7 Å². The van der Waals surface area contributed by atoms with E-state index in [-0.39, 0.29) is 0 Å². The largest absolute Gasteiger partial charge is 0.355 e. The van der Waals surface area contributed by atoms with E-state index < -0.39 is 0 Å². The van der Waals surface area contributed by atoms with Crippen molar-refractivity contribution in [2.75, 3.05) is 0 Å². The van der Waals surface area contributed by atoms with Crippen LogP contribution in [0.1, 0.15) is 11.1 Å². The molecule has 7 aromatic carbocycles. The van der Waals surface area contributed by atoms with Crippen LogP contribution in [0.25, 0.3) is 71.6 Å². The lowest BCUT2D eigenvalue weighted by atomic mass is 10.0. The fourth-order valence-electron chi connectivity index (χ4n) is 7.13. The topological polar surface area (TPSA) is 20.7 Å². The third kappa shape index (κ3) is 4.47. The zero-order valence-electron chi connectivity index (χ0n) is 25.0. The van der Waals surface area contributed by atoms with Crippen molar-refractivity contribution < 1.29 is 0 Å². The quantitative estimate of drug-likeness (QED) is 0.192. The molecule has 2 heterocycles. The lowest BCUT2D eigenvalue weighted by Crippen LogP contribution is -1.93. The van der Waals surface area contributed by atoms with Gasteiger partial charge in [-0.15, -0.1) is 0 Å². The Labute approximate surface area is 275 Å². The maximum Gasteiger partial charge on any atom is 0.0547 e. The van der Waals surface area contributed by atoms with Crippen LogP contribution in [0.15, 0.2) is 162 Å². The average Bonchev–Trinajstić information content (AvgIpc) is 3.77. The van der Waals surface area contributed by atoms with Gasteiger partial charge in [0.2, 0.25) is 0 Å². The van der Waals surface area contributed by atoms with Crippen molar-refractivity contribution in [1.82, 2.24) is 9.55 Å². The molecule has 2 nitrogen and oxygen atoms in total. The smallest absolute Gasteiger partial charge is 0.0547 e. The van der Waals surface area contributed by atoms with E-state index in [4.69, 9.17) is 0 Å². The molecule has 0 unspecified atom stereocenters. The van der Waals surface area contributed by atoms with Crippen LogP contribution in [0.3, 0.4) is 0 Å². The summed E-state index contributed by atoms with van der Waals surface area (Å²) in [6.45, 7) is 0. The van der Waals surface area contributed by atoms with E-state index in [9.17, 15) is 0 Å². The summed E-state index contributed by atoms with van der Waals surface area (Å²) in [7, 11) is 0. The van der Waals surface area contributed by atoms with Crippen molar-refractivity contribution in [2.45, 2.75) is 6.42 Å². The third-order valence-electron chi connectivity index (χ3n) is 9.29. The standard InChI is InChI=1S/C30H20N2.C13H9Br/c1-2-8-22(9-3-1)32-29-13-7-5-11-24(29)25-16-14-21(19-30(25)32)20-15-17-28-26(18-20)23-10-4-6-12-27(23)31-28;14-11-6-5-10-7-9-3-1-2-4-12(9)13(10)8-11/h1-19,31H;1-6,8H,7H2. The molecule has 46 heavy (non-hydrogen) atoms. The molecule has 1 aliphatic carbocycles. The predicted molar refractivity (Wildman–Crippen MR) is 198 cm³/mol. The molecule has 0 radical (unpaired) electrons. The Balaban J connectivity index is 0.000000174. The van der Waals surface area contributed by atoms with E-state index in [1.54, 1.807) is 0 Å². The molecule has 1 aliphatic rings. The second kappa shape index (κ2) is 10.9. The number of rotatable bonds is 2. The van der Waals surface area contributed by atoms with E-state index in [0.717, 1.165) is 10.9 Å². The Bertz CT molecular complexity index is 2570. The number of aromatic amines is 1. The van der Waals surface area contributed by atoms with E-state index >= 15 is 0 Å². The highest BCUT2D eigenvalue weighted by atomic mass is 79.9. The monoisotopic (exact) mass is 652 g/mol. The Morgan fingerprint density at radius 2 is 1.13 bits per heavy atom. The molecule has 0 spiro atoms. The molecule has 0 atom stereocenters. The number of para-hydroxylation sites is 3. The number of hydrogen-bond acceptors (Lipinski definition) is 0. The minimum absolute atomic E-state index is 1.08.